The summed E-state index contributed by atoms with van der Waals surface area (Å²) in [5.41, 5.74) is 0.104. The van der Waals surface area contributed by atoms with E-state index in [-0.39, 0.29) is 5.54 Å². The number of nitrogens with zero attached hydrogens (tertiary/aromatic N) is 2. The third-order valence-corrected chi connectivity index (χ3v) is 3.33. The first-order valence-electron chi connectivity index (χ1n) is 7.13. The SMILES string of the molecule is CCOCCCCNC(=NC)NCC(C)(C)N(C)C. The lowest BCUT2D eigenvalue weighted by atomic mass is 10.0. The Hall–Kier alpha value is -0.810. The summed E-state index contributed by atoms with van der Waals surface area (Å²) in [4.78, 5) is 6.43. The fourth-order valence-electron chi connectivity index (χ4n) is 1.36. The third-order valence-electron chi connectivity index (χ3n) is 3.33. The first kappa shape index (κ1) is 18.2. The summed E-state index contributed by atoms with van der Waals surface area (Å²) in [5, 5.41) is 6.68. The number of hydrogen-bond donors (Lipinski definition) is 2. The maximum absolute atomic E-state index is 5.31. The van der Waals surface area contributed by atoms with E-state index >= 15 is 0 Å². The van der Waals surface area contributed by atoms with Gasteiger partial charge in [-0.3, -0.25) is 4.99 Å². The van der Waals surface area contributed by atoms with Crippen molar-refractivity contribution in [3.05, 3.63) is 0 Å². The van der Waals surface area contributed by atoms with Gasteiger partial charge in [0.2, 0.25) is 0 Å². The molecule has 0 unspecified atom stereocenters. The quantitative estimate of drug-likeness (QED) is 0.377. The number of rotatable bonds is 9. The largest absolute Gasteiger partial charge is 0.382 e. The Balaban J connectivity index is 3.79. The van der Waals surface area contributed by atoms with Crippen molar-refractivity contribution in [2.24, 2.45) is 4.99 Å². The van der Waals surface area contributed by atoms with Crippen LogP contribution >= 0.6 is 0 Å². The van der Waals surface area contributed by atoms with Crippen molar-refractivity contribution in [3.8, 4) is 0 Å². The molecule has 0 amide bonds. The van der Waals surface area contributed by atoms with E-state index in [1.807, 2.05) is 6.92 Å². The van der Waals surface area contributed by atoms with E-state index in [1.165, 1.54) is 0 Å². The van der Waals surface area contributed by atoms with Crippen LogP contribution in [0, 0.1) is 0 Å². The standard InChI is InChI=1S/C14H32N4O/c1-7-19-11-9-8-10-16-13(15-4)17-12-14(2,3)18(5)6/h7-12H2,1-6H3,(H2,15,16,17). The van der Waals surface area contributed by atoms with E-state index < -0.39 is 0 Å². The molecule has 0 radical (unpaired) electrons. The molecule has 5 heteroatoms. The molecule has 0 spiro atoms. The smallest absolute Gasteiger partial charge is 0.191 e. The highest BCUT2D eigenvalue weighted by Gasteiger charge is 2.20. The monoisotopic (exact) mass is 272 g/mol. The summed E-state index contributed by atoms with van der Waals surface area (Å²) in [7, 11) is 5.98. The zero-order valence-corrected chi connectivity index (χ0v) is 13.5. The molecule has 0 aromatic carbocycles. The minimum absolute atomic E-state index is 0.104. The Morgan fingerprint density at radius 1 is 1.21 bits per heavy atom. The van der Waals surface area contributed by atoms with Gasteiger partial charge in [-0.2, -0.15) is 0 Å². The average Bonchev–Trinajstić information content (AvgIpc) is 2.36. The van der Waals surface area contributed by atoms with Gasteiger partial charge in [0, 0.05) is 38.9 Å². The number of likely N-dealkylation sites (N-methyl/N-ethyl adjacent to an activating group) is 1. The Labute approximate surface area is 118 Å². The molecule has 2 N–H and O–H groups in total. The van der Waals surface area contributed by atoms with E-state index in [9.17, 15) is 0 Å². The van der Waals surface area contributed by atoms with Gasteiger partial charge in [-0.1, -0.05) is 0 Å². The van der Waals surface area contributed by atoms with Crippen LogP contribution in [0.15, 0.2) is 4.99 Å². The van der Waals surface area contributed by atoms with Crippen molar-refractivity contribution in [2.45, 2.75) is 39.2 Å². The van der Waals surface area contributed by atoms with Crippen LogP contribution in [-0.4, -0.2) is 63.8 Å². The molecule has 0 heterocycles. The van der Waals surface area contributed by atoms with Gasteiger partial charge in [-0.15, -0.1) is 0 Å². The van der Waals surface area contributed by atoms with Crippen molar-refractivity contribution >= 4 is 5.96 Å². The van der Waals surface area contributed by atoms with Gasteiger partial charge in [0.25, 0.3) is 0 Å². The Morgan fingerprint density at radius 2 is 1.89 bits per heavy atom. The van der Waals surface area contributed by atoms with Gasteiger partial charge in [0.05, 0.1) is 0 Å². The normalized spacial score (nSPS) is 12.9. The van der Waals surface area contributed by atoms with E-state index in [2.05, 4.69) is 48.5 Å². The van der Waals surface area contributed by atoms with Crippen LogP contribution in [0.4, 0.5) is 0 Å². The highest BCUT2D eigenvalue weighted by molar-refractivity contribution is 5.79. The van der Waals surface area contributed by atoms with E-state index in [1.54, 1.807) is 7.05 Å². The Morgan fingerprint density at radius 3 is 2.42 bits per heavy atom. The molecule has 5 nitrogen and oxygen atoms in total. The van der Waals surface area contributed by atoms with Crippen molar-refractivity contribution in [1.29, 1.82) is 0 Å². The highest BCUT2D eigenvalue weighted by atomic mass is 16.5. The highest BCUT2D eigenvalue weighted by Crippen LogP contribution is 2.07. The van der Waals surface area contributed by atoms with Gasteiger partial charge in [-0.05, 0) is 47.7 Å². The molecule has 0 aliphatic carbocycles. The number of nitrogens with one attached hydrogen (secondary N) is 2. The van der Waals surface area contributed by atoms with Crippen LogP contribution in [0.2, 0.25) is 0 Å². The molecule has 0 rings (SSSR count). The summed E-state index contributed by atoms with van der Waals surface area (Å²) < 4.78 is 5.31. The molecule has 0 aliphatic heterocycles. The maximum Gasteiger partial charge on any atom is 0.191 e. The molecule has 0 saturated heterocycles. The maximum atomic E-state index is 5.31. The first-order valence-corrected chi connectivity index (χ1v) is 7.13. The van der Waals surface area contributed by atoms with Crippen molar-refractivity contribution in [2.75, 3.05) is 47.4 Å². The molecule has 0 saturated carbocycles. The zero-order valence-electron chi connectivity index (χ0n) is 13.5. The summed E-state index contributed by atoms with van der Waals surface area (Å²) in [5.74, 6) is 0.867. The van der Waals surface area contributed by atoms with Crippen LogP contribution in [0.1, 0.15) is 33.6 Å². The van der Waals surface area contributed by atoms with Crippen LogP contribution in [0.3, 0.4) is 0 Å². The summed E-state index contributed by atoms with van der Waals surface area (Å²) in [6, 6.07) is 0. The summed E-state index contributed by atoms with van der Waals surface area (Å²) in [6.07, 6.45) is 2.18. The second kappa shape index (κ2) is 10.0. The molecule has 19 heavy (non-hydrogen) atoms. The number of hydrogen-bond acceptors (Lipinski definition) is 3. The fourth-order valence-corrected chi connectivity index (χ4v) is 1.36. The summed E-state index contributed by atoms with van der Waals surface area (Å²) in [6.45, 7) is 9.86. The molecular weight excluding hydrogens is 240 g/mol. The topological polar surface area (TPSA) is 48.9 Å². The lowest BCUT2D eigenvalue weighted by Gasteiger charge is -2.33. The number of unbranched alkanes of at least 4 members (excludes halogenated alkanes) is 1. The predicted molar refractivity (Wildman–Crippen MR) is 82.9 cm³/mol. The Kier molecular flexibility index (Phi) is 9.61. The van der Waals surface area contributed by atoms with Crippen LogP contribution in [-0.2, 0) is 4.74 Å². The van der Waals surface area contributed by atoms with Gasteiger partial charge in [0.15, 0.2) is 5.96 Å². The lowest BCUT2D eigenvalue weighted by molar-refractivity contribution is 0.143. The number of guanidine groups is 1. The summed E-state index contributed by atoms with van der Waals surface area (Å²) >= 11 is 0. The van der Waals surface area contributed by atoms with Crippen LogP contribution in [0.25, 0.3) is 0 Å². The third kappa shape index (κ3) is 8.83. The van der Waals surface area contributed by atoms with Crippen LogP contribution < -0.4 is 10.6 Å². The predicted octanol–water partition coefficient (Wildman–Crippen LogP) is 1.31. The van der Waals surface area contributed by atoms with Crippen LogP contribution in [0.5, 0.6) is 0 Å². The molecular formula is C14H32N4O. The minimum atomic E-state index is 0.104. The molecule has 0 atom stereocenters. The van der Waals surface area contributed by atoms with E-state index in [0.29, 0.717) is 0 Å². The first-order chi connectivity index (χ1) is 8.94. The second-order valence-corrected chi connectivity index (χ2v) is 5.46. The number of ether oxygens (including phenoxy) is 1. The van der Waals surface area contributed by atoms with E-state index in [0.717, 1.165) is 45.1 Å². The van der Waals surface area contributed by atoms with Gasteiger partial charge >= 0.3 is 0 Å². The van der Waals surface area contributed by atoms with Crippen molar-refractivity contribution in [1.82, 2.24) is 15.5 Å². The molecule has 114 valence electrons. The average molecular weight is 272 g/mol. The van der Waals surface area contributed by atoms with Gasteiger partial charge in [-0.25, -0.2) is 0 Å². The van der Waals surface area contributed by atoms with Crippen molar-refractivity contribution in [3.63, 3.8) is 0 Å². The molecule has 0 aromatic heterocycles. The molecule has 0 aromatic rings. The molecule has 0 bridgehead atoms. The zero-order chi connectivity index (χ0) is 14.7. The van der Waals surface area contributed by atoms with E-state index in [4.69, 9.17) is 4.74 Å². The molecule has 0 aliphatic rings. The molecule has 0 fully saturated rings. The lowest BCUT2D eigenvalue weighted by Crippen LogP contribution is -2.50. The Bertz CT molecular complexity index is 252. The van der Waals surface area contributed by atoms with Gasteiger partial charge < -0.3 is 20.3 Å². The number of aliphatic imine (C=N–C) groups is 1. The minimum Gasteiger partial charge on any atom is -0.382 e. The second-order valence-electron chi connectivity index (χ2n) is 5.46. The van der Waals surface area contributed by atoms with Crippen molar-refractivity contribution < 1.29 is 4.74 Å². The fraction of sp³-hybridized carbons (Fsp3) is 0.929. The van der Waals surface area contributed by atoms with Gasteiger partial charge in [0.1, 0.15) is 0 Å².